The molecule has 8 heteroatoms. The Morgan fingerprint density at radius 1 is 1.31 bits per heavy atom. The average Bonchev–Trinajstić information content (AvgIpc) is 3.06. The van der Waals surface area contributed by atoms with Crippen LogP contribution in [0.4, 0.5) is 0 Å². The molecule has 0 aliphatic carbocycles. The fraction of sp³-hybridized carbons (Fsp3) is 0.476. The first-order valence-electron chi connectivity index (χ1n) is 9.53. The highest BCUT2D eigenvalue weighted by Crippen LogP contribution is 2.22. The number of nitrogens with one attached hydrogen (secondary N) is 1. The number of hydrogen-bond donors (Lipinski definition) is 2. The number of benzene rings is 1. The highest BCUT2D eigenvalue weighted by Gasteiger charge is 2.21. The lowest BCUT2D eigenvalue weighted by atomic mass is 10.0. The van der Waals surface area contributed by atoms with Crippen LogP contribution in [0.15, 0.2) is 18.2 Å². The largest absolute Gasteiger partial charge is 0.496 e. The number of carbonyl (C=O) groups is 2. The van der Waals surface area contributed by atoms with Gasteiger partial charge in [-0.25, -0.2) is 9.78 Å². The van der Waals surface area contributed by atoms with Crippen LogP contribution in [-0.2, 0) is 28.9 Å². The third-order valence-corrected chi connectivity index (χ3v) is 5.39. The van der Waals surface area contributed by atoms with Crippen molar-refractivity contribution >= 4 is 23.2 Å². The van der Waals surface area contributed by atoms with E-state index in [9.17, 15) is 14.7 Å². The maximum atomic E-state index is 12.5. The van der Waals surface area contributed by atoms with E-state index in [1.54, 1.807) is 27.0 Å². The third kappa shape index (κ3) is 6.27. The molecule has 0 aliphatic heterocycles. The summed E-state index contributed by atoms with van der Waals surface area (Å²) in [5.74, 6) is -0.623. The highest BCUT2D eigenvalue weighted by atomic mass is 32.1. The van der Waals surface area contributed by atoms with Crippen molar-refractivity contribution in [2.45, 2.75) is 59.3 Å². The van der Waals surface area contributed by atoms with Crippen LogP contribution in [0, 0.1) is 6.92 Å². The van der Waals surface area contributed by atoms with Crippen LogP contribution < -0.4 is 10.1 Å². The molecule has 0 aliphatic rings. The molecule has 2 N–H and O–H groups in total. The average molecular weight is 421 g/mol. The Kier molecular flexibility index (Phi) is 8.16. The number of carbonyl (C=O) groups excluding carboxylic acids is 1. The molecule has 2 aromatic rings. The predicted octanol–water partition coefficient (Wildman–Crippen LogP) is 3.37. The molecule has 158 valence electrons. The van der Waals surface area contributed by atoms with Crippen LogP contribution in [-0.4, -0.2) is 41.3 Å². The van der Waals surface area contributed by atoms with E-state index in [0.717, 1.165) is 27.4 Å². The van der Waals surface area contributed by atoms with Gasteiger partial charge in [0.25, 0.3) is 5.91 Å². The van der Waals surface area contributed by atoms with E-state index >= 15 is 0 Å². The van der Waals surface area contributed by atoms with E-state index < -0.39 is 12.1 Å². The monoisotopic (exact) mass is 420 g/mol. The number of amides is 1. The molecule has 1 atom stereocenters. The minimum absolute atomic E-state index is 0.192. The fourth-order valence-electron chi connectivity index (χ4n) is 2.91. The topological polar surface area (TPSA) is 97.8 Å². The molecule has 2 rings (SSSR count). The number of aryl methyl sites for hydroxylation is 2. The van der Waals surface area contributed by atoms with Crippen molar-refractivity contribution in [2.75, 3.05) is 7.11 Å². The summed E-state index contributed by atoms with van der Waals surface area (Å²) in [6.45, 7) is 7.74. The Hall–Kier alpha value is -2.45. The normalized spacial score (nSPS) is 12.1. The summed E-state index contributed by atoms with van der Waals surface area (Å²) in [6.07, 6.45) is -0.111. The number of aliphatic carboxylic acids is 1. The zero-order chi connectivity index (χ0) is 21.6. The van der Waals surface area contributed by atoms with Crippen LogP contribution >= 0.6 is 11.3 Å². The Morgan fingerprint density at radius 2 is 2.03 bits per heavy atom. The molecule has 7 nitrogen and oxygen atoms in total. The van der Waals surface area contributed by atoms with Gasteiger partial charge in [0, 0.05) is 23.4 Å². The van der Waals surface area contributed by atoms with Gasteiger partial charge in [0.1, 0.15) is 11.4 Å². The molecule has 0 bridgehead atoms. The Balaban J connectivity index is 2.14. The van der Waals surface area contributed by atoms with Gasteiger partial charge in [-0.05, 0) is 38.8 Å². The van der Waals surface area contributed by atoms with Gasteiger partial charge in [0.05, 0.1) is 18.2 Å². The second kappa shape index (κ2) is 10.4. The number of carboxylic acid groups (broad SMARTS) is 1. The van der Waals surface area contributed by atoms with Crippen LogP contribution in [0.2, 0.25) is 0 Å². The smallest absolute Gasteiger partial charge is 0.333 e. The predicted molar refractivity (Wildman–Crippen MR) is 112 cm³/mol. The maximum absolute atomic E-state index is 12.5. The van der Waals surface area contributed by atoms with E-state index in [4.69, 9.17) is 9.47 Å². The summed E-state index contributed by atoms with van der Waals surface area (Å²) < 4.78 is 10.9. The SMILES string of the molecule is CCc1nc(C(=O)NCc2cc(CC(OC(C)C)C(=O)O)ccc2OC)c(C)s1. The number of ether oxygens (including phenoxy) is 2. The molecule has 0 radical (unpaired) electrons. The van der Waals surface area contributed by atoms with Gasteiger partial charge in [-0.3, -0.25) is 4.79 Å². The lowest BCUT2D eigenvalue weighted by molar-refractivity contribution is -0.153. The molecule has 1 aromatic heterocycles. The standard InChI is InChI=1S/C21H28N2O5S/c1-6-18-23-19(13(4)29-18)20(24)22-11-15-9-14(7-8-16(15)27-5)10-17(21(25)26)28-12(2)3/h7-9,12,17H,6,10-11H2,1-5H3,(H,22,24)(H,25,26). The first kappa shape index (κ1) is 22.8. The summed E-state index contributed by atoms with van der Waals surface area (Å²) in [5.41, 5.74) is 2.00. The molecular weight excluding hydrogens is 392 g/mol. The minimum Gasteiger partial charge on any atom is -0.496 e. The summed E-state index contributed by atoms with van der Waals surface area (Å²) in [7, 11) is 1.56. The first-order valence-corrected chi connectivity index (χ1v) is 10.3. The summed E-state index contributed by atoms with van der Waals surface area (Å²) >= 11 is 1.52. The number of aromatic nitrogens is 1. The van der Waals surface area contributed by atoms with Gasteiger partial charge in [-0.2, -0.15) is 0 Å². The minimum atomic E-state index is -1.00. The van der Waals surface area contributed by atoms with Crippen LogP contribution in [0.3, 0.4) is 0 Å². The molecule has 0 fully saturated rings. The van der Waals surface area contributed by atoms with Crippen molar-refractivity contribution in [3.63, 3.8) is 0 Å². The quantitative estimate of drug-likeness (QED) is 0.612. The number of nitrogens with zero attached hydrogens (tertiary/aromatic N) is 1. The lowest BCUT2D eigenvalue weighted by Crippen LogP contribution is -2.29. The zero-order valence-corrected chi connectivity index (χ0v) is 18.3. The van der Waals surface area contributed by atoms with Gasteiger partial charge in [-0.1, -0.05) is 19.1 Å². The maximum Gasteiger partial charge on any atom is 0.333 e. The van der Waals surface area contributed by atoms with Gasteiger partial charge in [-0.15, -0.1) is 11.3 Å². The number of carboxylic acids is 1. The molecule has 29 heavy (non-hydrogen) atoms. The van der Waals surface area contributed by atoms with E-state index in [-0.39, 0.29) is 25.0 Å². The van der Waals surface area contributed by atoms with Crippen molar-refractivity contribution < 1.29 is 24.2 Å². The van der Waals surface area contributed by atoms with E-state index in [1.165, 1.54) is 11.3 Å². The van der Waals surface area contributed by atoms with Gasteiger partial charge < -0.3 is 19.9 Å². The van der Waals surface area contributed by atoms with E-state index in [1.807, 2.05) is 26.0 Å². The molecule has 1 unspecified atom stereocenters. The number of thiazole rings is 1. The fourth-order valence-corrected chi connectivity index (χ4v) is 3.78. The van der Waals surface area contributed by atoms with Crippen molar-refractivity contribution in [1.29, 1.82) is 0 Å². The van der Waals surface area contributed by atoms with Gasteiger partial charge in [0.2, 0.25) is 0 Å². The highest BCUT2D eigenvalue weighted by molar-refractivity contribution is 7.11. The van der Waals surface area contributed by atoms with Crippen LogP contribution in [0.1, 0.15) is 52.3 Å². The molecular formula is C21H28N2O5S. The summed E-state index contributed by atoms with van der Waals surface area (Å²) in [6, 6.07) is 5.42. The molecule has 0 spiro atoms. The van der Waals surface area contributed by atoms with Crippen molar-refractivity contribution in [2.24, 2.45) is 0 Å². The Morgan fingerprint density at radius 3 is 2.59 bits per heavy atom. The van der Waals surface area contributed by atoms with Crippen molar-refractivity contribution in [3.05, 3.63) is 44.9 Å². The second-order valence-electron chi connectivity index (χ2n) is 6.91. The van der Waals surface area contributed by atoms with Crippen molar-refractivity contribution in [1.82, 2.24) is 10.3 Å². The van der Waals surface area contributed by atoms with E-state index in [0.29, 0.717) is 11.4 Å². The second-order valence-corrected chi connectivity index (χ2v) is 8.20. The molecule has 0 saturated carbocycles. The van der Waals surface area contributed by atoms with Crippen LogP contribution in [0.25, 0.3) is 0 Å². The van der Waals surface area contributed by atoms with Gasteiger partial charge >= 0.3 is 5.97 Å². The molecule has 1 amide bonds. The molecule has 1 aromatic carbocycles. The summed E-state index contributed by atoms with van der Waals surface area (Å²) in [4.78, 5) is 29.3. The Labute approximate surface area is 175 Å². The molecule has 1 heterocycles. The van der Waals surface area contributed by atoms with E-state index in [2.05, 4.69) is 10.3 Å². The van der Waals surface area contributed by atoms with Crippen LogP contribution in [0.5, 0.6) is 5.75 Å². The van der Waals surface area contributed by atoms with Crippen molar-refractivity contribution in [3.8, 4) is 5.75 Å². The molecule has 0 saturated heterocycles. The zero-order valence-electron chi connectivity index (χ0n) is 17.4. The Bertz CT molecular complexity index is 863. The lowest BCUT2D eigenvalue weighted by Gasteiger charge is -2.18. The van der Waals surface area contributed by atoms with Gasteiger partial charge in [0.15, 0.2) is 6.10 Å². The first-order chi connectivity index (χ1) is 13.7. The number of methoxy groups -OCH3 is 1. The third-order valence-electron chi connectivity index (χ3n) is 4.28. The number of hydrogen-bond acceptors (Lipinski definition) is 6. The summed E-state index contributed by atoms with van der Waals surface area (Å²) in [5, 5.41) is 13.2. The number of rotatable bonds is 10.